The number of hydrogen-bond acceptors (Lipinski definition) is 2. The van der Waals surface area contributed by atoms with E-state index in [-0.39, 0.29) is 5.88 Å². The van der Waals surface area contributed by atoms with Crippen LogP contribution in [0.5, 0.6) is 5.88 Å². The molecular weight excluding hydrogens is 176 g/mol. The van der Waals surface area contributed by atoms with Crippen LogP contribution >= 0.6 is 0 Å². The van der Waals surface area contributed by atoms with Crippen LogP contribution in [-0.2, 0) is 13.0 Å². The van der Waals surface area contributed by atoms with Gasteiger partial charge in [-0.1, -0.05) is 18.2 Å². The molecule has 1 aliphatic carbocycles. The quantitative estimate of drug-likeness (QED) is 0.672. The third-order valence-electron chi connectivity index (χ3n) is 3.11. The Kier molecular flexibility index (Phi) is 1.54. The average molecular weight is 188 g/mol. The van der Waals surface area contributed by atoms with E-state index in [1.54, 1.807) is 6.33 Å². The van der Waals surface area contributed by atoms with Crippen molar-refractivity contribution >= 4 is 0 Å². The molecule has 1 aliphatic heterocycles. The molecule has 3 heteroatoms. The topological polar surface area (TPSA) is 38.1 Å². The minimum atomic E-state index is 0.207. The molecule has 3 rings (SSSR count). The van der Waals surface area contributed by atoms with E-state index in [1.807, 2.05) is 4.57 Å². The fraction of sp³-hybridized carbons (Fsp3) is 0.364. The fourth-order valence-corrected chi connectivity index (χ4v) is 2.29. The maximum Gasteiger partial charge on any atom is 0.232 e. The summed E-state index contributed by atoms with van der Waals surface area (Å²) in [6, 6.07) is 0. The predicted molar refractivity (Wildman–Crippen MR) is 52.9 cm³/mol. The normalized spacial score (nSPS) is 24.0. The predicted octanol–water partition coefficient (Wildman–Crippen LogP) is 1.65. The third kappa shape index (κ3) is 1.02. The van der Waals surface area contributed by atoms with E-state index in [9.17, 15) is 5.11 Å². The van der Waals surface area contributed by atoms with E-state index < -0.39 is 0 Å². The van der Waals surface area contributed by atoms with Crippen molar-refractivity contribution in [1.82, 2.24) is 9.55 Å². The van der Waals surface area contributed by atoms with Crippen LogP contribution in [0.2, 0.25) is 0 Å². The Morgan fingerprint density at radius 3 is 3.36 bits per heavy atom. The van der Waals surface area contributed by atoms with Crippen LogP contribution in [0.4, 0.5) is 0 Å². The van der Waals surface area contributed by atoms with Crippen LogP contribution in [0.3, 0.4) is 0 Å². The summed E-state index contributed by atoms with van der Waals surface area (Å²) >= 11 is 0. The molecular formula is C11H12N2O. The Morgan fingerprint density at radius 2 is 2.43 bits per heavy atom. The Hall–Kier alpha value is -1.51. The average Bonchev–Trinajstić information content (AvgIpc) is 2.57. The summed E-state index contributed by atoms with van der Waals surface area (Å²) in [6.07, 6.45) is 10.2. The first-order valence-corrected chi connectivity index (χ1v) is 4.93. The van der Waals surface area contributed by atoms with Gasteiger partial charge in [-0.2, -0.15) is 0 Å². The van der Waals surface area contributed by atoms with Gasteiger partial charge >= 0.3 is 0 Å². The molecule has 2 heterocycles. The van der Waals surface area contributed by atoms with Crippen molar-refractivity contribution in [2.24, 2.45) is 5.92 Å². The van der Waals surface area contributed by atoms with Crippen molar-refractivity contribution in [3.63, 3.8) is 0 Å². The second-order valence-corrected chi connectivity index (χ2v) is 3.95. The van der Waals surface area contributed by atoms with E-state index in [1.165, 1.54) is 5.57 Å². The van der Waals surface area contributed by atoms with Crippen molar-refractivity contribution in [2.75, 3.05) is 0 Å². The van der Waals surface area contributed by atoms with Crippen molar-refractivity contribution in [3.05, 3.63) is 35.8 Å². The second-order valence-electron chi connectivity index (χ2n) is 3.95. The van der Waals surface area contributed by atoms with Gasteiger partial charge in [-0.3, -0.25) is 0 Å². The number of nitrogens with zero attached hydrogens (tertiary/aromatic N) is 2. The minimum absolute atomic E-state index is 0.207. The number of fused-ring (bicyclic) bond motifs is 2. The van der Waals surface area contributed by atoms with Gasteiger partial charge in [-0.15, -0.1) is 0 Å². The lowest BCUT2D eigenvalue weighted by molar-refractivity contribution is 0.426. The van der Waals surface area contributed by atoms with E-state index in [0.29, 0.717) is 5.92 Å². The highest BCUT2D eigenvalue weighted by atomic mass is 16.3. The van der Waals surface area contributed by atoms with Crippen molar-refractivity contribution in [1.29, 1.82) is 0 Å². The molecule has 3 nitrogen and oxygen atoms in total. The molecule has 0 saturated carbocycles. The summed E-state index contributed by atoms with van der Waals surface area (Å²) in [5.41, 5.74) is 2.44. The first-order chi connectivity index (χ1) is 6.84. The van der Waals surface area contributed by atoms with Crippen LogP contribution in [-0.4, -0.2) is 14.7 Å². The number of allylic oxidation sites excluding steroid dienone is 4. The highest BCUT2D eigenvalue weighted by Gasteiger charge is 2.25. The summed E-state index contributed by atoms with van der Waals surface area (Å²) in [6.45, 7) is 0.887. The standard InChI is InChI=1S/C11H12N2O/c14-11-10-5-8-3-1-2-4-9(8)6-13(10)7-12-11/h1-2,4,7-8,14H,3,5-6H2. The van der Waals surface area contributed by atoms with Crippen molar-refractivity contribution < 1.29 is 5.11 Å². The Morgan fingerprint density at radius 1 is 1.50 bits per heavy atom. The van der Waals surface area contributed by atoms with E-state index in [0.717, 1.165) is 25.1 Å². The highest BCUT2D eigenvalue weighted by molar-refractivity contribution is 5.30. The molecule has 0 bridgehead atoms. The minimum Gasteiger partial charge on any atom is -0.492 e. The number of hydrogen-bond donors (Lipinski definition) is 1. The SMILES string of the molecule is Oc1ncn2c1CC1CC=CC=C1C2. The van der Waals surface area contributed by atoms with Crippen LogP contribution < -0.4 is 0 Å². The molecule has 0 aromatic carbocycles. The van der Waals surface area contributed by atoms with Gasteiger partial charge in [0, 0.05) is 13.0 Å². The molecule has 0 spiro atoms. The number of imidazole rings is 1. The van der Waals surface area contributed by atoms with Crippen LogP contribution in [0.1, 0.15) is 12.1 Å². The van der Waals surface area contributed by atoms with Crippen LogP contribution in [0, 0.1) is 5.92 Å². The maximum absolute atomic E-state index is 9.52. The van der Waals surface area contributed by atoms with E-state index in [4.69, 9.17) is 0 Å². The van der Waals surface area contributed by atoms with E-state index >= 15 is 0 Å². The molecule has 14 heavy (non-hydrogen) atoms. The van der Waals surface area contributed by atoms with Crippen molar-refractivity contribution in [3.8, 4) is 5.88 Å². The lowest BCUT2D eigenvalue weighted by Gasteiger charge is -2.27. The lowest BCUT2D eigenvalue weighted by Crippen LogP contribution is -2.22. The molecule has 1 unspecified atom stereocenters. The number of rotatable bonds is 0. The molecule has 0 amide bonds. The molecule has 0 saturated heterocycles. The van der Waals surface area contributed by atoms with Crippen molar-refractivity contribution in [2.45, 2.75) is 19.4 Å². The molecule has 2 aliphatic rings. The lowest BCUT2D eigenvalue weighted by atomic mass is 9.85. The largest absolute Gasteiger partial charge is 0.492 e. The molecule has 1 aromatic rings. The fourth-order valence-electron chi connectivity index (χ4n) is 2.29. The van der Waals surface area contributed by atoms with Gasteiger partial charge < -0.3 is 9.67 Å². The second kappa shape index (κ2) is 2.74. The van der Waals surface area contributed by atoms with Gasteiger partial charge in [0.05, 0.1) is 12.0 Å². The summed E-state index contributed by atoms with van der Waals surface area (Å²) in [4.78, 5) is 3.93. The van der Waals surface area contributed by atoms with Gasteiger partial charge in [-0.05, 0) is 17.9 Å². The van der Waals surface area contributed by atoms with Gasteiger partial charge in [0.15, 0.2) is 0 Å². The van der Waals surface area contributed by atoms with Gasteiger partial charge in [0.2, 0.25) is 5.88 Å². The van der Waals surface area contributed by atoms with Crippen LogP contribution in [0.15, 0.2) is 30.1 Å². The first-order valence-electron chi connectivity index (χ1n) is 4.93. The summed E-state index contributed by atoms with van der Waals surface area (Å²) in [7, 11) is 0. The first kappa shape index (κ1) is 7.85. The zero-order chi connectivity index (χ0) is 9.54. The Labute approximate surface area is 82.4 Å². The molecule has 0 radical (unpaired) electrons. The van der Waals surface area contributed by atoms with E-state index in [2.05, 4.69) is 23.2 Å². The number of aromatic nitrogens is 2. The molecule has 1 N–H and O–H groups in total. The highest BCUT2D eigenvalue weighted by Crippen LogP contribution is 2.33. The molecule has 1 atom stereocenters. The summed E-state index contributed by atoms with van der Waals surface area (Å²) in [5, 5.41) is 9.52. The summed E-state index contributed by atoms with van der Waals surface area (Å²) in [5.74, 6) is 0.786. The third-order valence-corrected chi connectivity index (χ3v) is 3.11. The Bertz CT molecular complexity index is 428. The van der Waals surface area contributed by atoms with Gasteiger partial charge in [0.25, 0.3) is 0 Å². The molecule has 72 valence electrons. The Balaban J connectivity index is 2.04. The summed E-state index contributed by atoms with van der Waals surface area (Å²) < 4.78 is 2.04. The zero-order valence-electron chi connectivity index (χ0n) is 7.85. The maximum atomic E-state index is 9.52. The van der Waals surface area contributed by atoms with Gasteiger partial charge in [0.1, 0.15) is 0 Å². The van der Waals surface area contributed by atoms with Crippen LogP contribution in [0.25, 0.3) is 0 Å². The smallest absolute Gasteiger partial charge is 0.232 e. The monoisotopic (exact) mass is 188 g/mol. The molecule has 0 fully saturated rings. The van der Waals surface area contributed by atoms with Gasteiger partial charge in [-0.25, -0.2) is 4.98 Å². The number of aromatic hydroxyl groups is 1. The molecule has 1 aromatic heterocycles. The zero-order valence-corrected chi connectivity index (χ0v) is 7.85.